The smallest absolute Gasteiger partial charge is 0.371 e. The minimum atomic E-state index is -1.11. The third kappa shape index (κ3) is 4.44. The highest BCUT2D eigenvalue weighted by molar-refractivity contribution is 8.18. The standard InChI is InChI=1S/C24H16ClN3O4S/c25-15-5-7-16(8-6-15)26-24-27-22(29)21(33-24)11-14-12-28(19-4-2-1-3-18(14)19)13-17-9-10-20(32-17)23(30)31/h1-12H,13H2,(H,30,31)(H,26,27,29). The summed E-state index contributed by atoms with van der Waals surface area (Å²) in [7, 11) is 0. The van der Waals surface area contributed by atoms with E-state index in [4.69, 9.17) is 21.1 Å². The Morgan fingerprint density at radius 2 is 1.94 bits per heavy atom. The molecule has 0 atom stereocenters. The molecule has 2 aromatic carbocycles. The molecule has 0 bridgehead atoms. The Morgan fingerprint density at radius 1 is 1.15 bits per heavy atom. The number of hydrogen-bond acceptors (Lipinski definition) is 5. The molecule has 9 heteroatoms. The fourth-order valence-corrected chi connectivity index (χ4v) is 4.48. The number of aliphatic imine (C=N–C) groups is 1. The first-order valence-electron chi connectivity index (χ1n) is 9.91. The van der Waals surface area contributed by atoms with E-state index in [0.717, 1.165) is 16.5 Å². The third-order valence-electron chi connectivity index (χ3n) is 5.01. The zero-order chi connectivity index (χ0) is 22.9. The molecule has 1 saturated heterocycles. The van der Waals surface area contributed by atoms with Crippen LogP contribution in [-0.4, -0.2) is 26.7 Å². The Kier molecular flexibility index (Phi) is 5.53. The van der Waals surface area contributed by atoms with Gasteiger partial charge in [-0.1, -0.05) is 29.8 Å². The number of rotatable bonds is 5. The third-order valence-corrected chi connectivity index (χ3v) is 6.17. The molecule has 1 fully saturated rings. The molecule has 0 spiro atoms. The topological polar surface area (TPSA) is 96.8 Å². The van der Waals surface area contributed by atoms with Crippen molar-refractivity contribution >= 4 is 63.1 Å². The van der Waals surface area contributed by atoms with Crippen molar-refractivity contribution in [1.29, 1.82) is 0 Å². The molecule has 2 N–H and O–H groups in total. The lowest BCUT2D eigenvalue weighted by Crippen LogP contribution is -2.19. The number of aromatic carboxylic acids is 1. The number of carbonyl (C=O) groups is 2. The molecular formula is C24H16ClN3O4S. The summed E-state index contributed by atoms with van der Waals surface area (Å²) in [5.74, 6) is -0.904. The van der Waals surface area contributed by atoms with Crippen LogP contribution < -0.4 is 5.32 Å². The van der Waals surface area contributed by atoms with E-state index in [1.807, 2.05) is 41.1 Å². The van der Waals surface area contributed by atoms with Crippen LogP contribution in [0.1, 0.15) is 21.9 Å². The van der Waals surface area contributed by atoms with Crippen LogP contribution in [-0.2, 0) is 11.3 Å². The predicted molar refractivity (Wildman–Crippen MR) is 129 cm³/mol. The van der Waals surface area contributed by atoms with Crippen molar-refractivity contribution in [2.24, 2.45) is 4.99 Å². The summed E-state index contributed by atoms with van der Waals surface area (Å²) in [6, 6.07) is 17.9. The number of furan rings is 1. The lowest BCUT2D eigenvalue weighted by molar-refractivity contribution is -0.115. The Balaban J connectivity index is 1.45. The van der Waals surface area contributed by atoms with Crippen molar-refractivity contribution in [3.05, 3.63) is 93.9 Å². The van der Waals surface area contributed by atoms with Gasteiger partial charge in [0.25, 0.3) is 5.91 Å². The quantitative estimate of drug-likeness (QED) is 0.368. The number of carbonyl (C=O) groups excluding carboxylic acids is 1. The molecule has 5 rings (SSSR count). The molecule has 7 nitrogen and oxygen atoms in total. The van der Waals surface area contributed by atoms with Gasteiger partial charge in [0, 0.05) is 27.7 Å². The number of nitrogens with one attached hydrogen (secondary N) is 1. The number of amidine groups is 1. The van der Waals surface area contributed by atoms with Gasteiger partial charge in [0.05, 0.1) is 17.1 Å². The Morgan fingerprint density at radius 3 is 2.70 bits per heavy atom. The van der Waals surface area contributed by atoms with Crippen LogP contribution in [0.5, 0.6) is 0 Å². The van der Waals surface area contributed by atoms with Crippen molar-refractivity contribution < 1.29 is 19.1 Å². The second-order valence-corrected chi connectivity index (χ2v) is 8.73. The number of carboxylic acid groups (broad SMARTS) is 1. The lowest BCUT2D eigenvalue weighted by atomic mass is 10.1. The van der Waals surface area contributed by atoms with E-state index in [-0.39, 0.29) is 11.7 Å². The fraction of sp³-hybridized carbons (Fsp3) is 0.0417. The van der Waals surface area contributed by atoms with Gasteiger partial charge in [-0.05, 0) is 60.3 Å². The van der Waals surface area contributed by atoms with Crippen molar-refractivity contribution in [1.82, 2.24) is 9.88 Å². The Bertz CT molecular complexity index is 1450. The lowest BCUT2D eigenvalue weighted by Gasteiger charge is -2.02. The summed E-state index contributed by atoms with van der Waals surface area (Å²) < 4.78 is 7.37. The van der Waals surface area contributed by atoms with E-state index in [1.165, 1.54) is 17.8 Å². The predicted octanol–water partition coefficient (Wildman–Crippen LogP) is 5.53. The average molecular weight is 478 g/mol. The number of aromatic nitrogens is 1. The summed E-state index contributed by atoms with van der Waals surface area (Å²) >= 11 is 7.18. The maximum Gasteiger partial charge on any atom is 0.371 e. The molecule has 0 unspecified atom stereocenters. The second kappa shape index (κ2) is 8.65. The number of hydrogen-bond donors (Lipinski definition) is 2. The van der Waals surface area contributed by atoms with E-state index in [2.05, 4.69) is 10.3 Å². The van der Waals surface area contributed by atoms with Gasteiger partial charge in [0.15, 0.2) is 5.17 Å². The number of amides is 1. The molecule has 164 valence electrons. The number of benzene rings is 2. The molecule has 0 radical (unpaired) electrons. The number of para-hydroxylation sites is 1. The minimum Gasteiger partial charge on any atom is -0.475 e. The molecule has 0 aliphatic carbocycles. The van der Waals surface area contributed by atoms with Gasteiger partial charge in [-0.2, -0.15) is 0 Å². The average Bonchev–Trinajstić information content (AvgIpc) is 3.49. The maximum absolute atomic E-state index is 12.6. The SMILES string of the molecule is O=C1NC(=Nc2ccc(Cl)cc2)SC1=Cc1cn(Cc2ccc(C(=O)O)o2)c2ccccc12. The van der Waals surface area contributed by atoms with E-state index in [1.54, 1.807) is 30.3 Å². The van der Waals surface area contributed by atoms with E-state index < -0.39 is 5.97 Å². The summed E-state index contributed by atoms with van der Waals surface area (Å²) in [6.45, 7) is 0.361. The maximum atomic E-state index is 12.6. The van der Waals surface area contributed by atoms with E-state index in [0.29, 0.717) is 33.1 Å². The van der Waals surface area contributed by atoms with Crippen LogP contribution in [0.15, 0.2) is 81.2 Å². The second-order valence-electron chi connectivity index (χ2n) is 7.26. The molecule has 1 amide bonds. The Hall–Kier alpha value is -3.75. The summed E-state index contributed by atoms with van der Waals surface area (Å²) in [4.78, 5) is 28.6. The fourth-order valence-electron chi connectivity index (χ4n) is 3.52. The molecule has 2 aromatic heterocycles. The van der Waals surface area contributed by atoms with Gasteiger partial charge in [-0.3, -0.25) is 4.79 Å². The highest BCUT2D eigenvalue weighted by Crippen LogP contribution is 2.31. The largest absolute Gasteiger partial charge is 0.475 e. The van der Waals surface area contributed by atoms with Gasteiger partial charge < -0.3 is 19.4 Å². The van der Waals surface area contributed by atoms with Crippen molar-refractivity contribution in [2.45, 2.75) is 6.54 Å². The summed E-state index contributed by atoms with van der Waals surface area (Å²) in [5, 5.41) is 14.0. The van der Waals surface area contributed by atoms with Gasteiger partial charge in [0.1, 0.15) is 5.76 Å². The molecule has 1 aliphatic rings. The van der Waals surface area contributed by atoms with E-state index >= 15 is 0 Å². The number of fused-ring (bicyclic) bond motifs is 1. The van der Waals surface area contributed by atoms with Gasteiger partial charge in [-0.15, -0.1) is 0 Å². The van der Waals surface area contributed by atoms with Gasteiger partial charge in [-0.25, -0.2) is 9.79 Å². The monoisotopic (exact) mass is 477 g/mol. The molecule has 0 saturated carbocycles. The molecule has 33 heavy (non-hydrogen) atoms. The van der Waals surface area contributed by atoms with E-state index in [9.17, 15) is 9.59 Å². The highest BCUT2D eigenvalue weighted by atomic mass is 35.5. The number of halogens is 1. The summed E-state index contributed by atoms with van der Waals surface area (Å²) in [5.41, 5.74) is 2.50. The van der Waals surface area contributed by atoms with Crippen LogP contribution in [0, 0.1) is 0 Å². The first-order chi connectivity index (χ1) is 16.0. The Labute approximate surface area is 197 Å². The van der Waals surface area contributed by atoms with Gasteiger partial charge >= 0.3 is 5.97 Å². The van der Waals surface area contributed by atoms with Gasteiger partial charge in [0.2, 0.25) is 5.76 Å². The zero-order valence-electron chi connectivity index (χ0n) is 17.0. The van der Waals surface area contributed by atoms with Crippen LogP contribution in [0.25, 0.3) is 17.0 Å². The first-order valence-corrected chi connectivity index (χ1v) is 11.1. The van der Waals surface area contributed by atoms with Crippen molar-refractivity contribution in [2.75, 3.05) is 0 Å². The molecular weight excluding hydrogens is 462 g/mol. The normalized spacial score (nSPS) is 16.1. The van der Waals surface area contributed by atoms with Crippen molar-refractivity contribution in [3.8, 4) is 0 Å². The zero-order valence-corrected chi connectivity index (χ0v) is 18.6. The van der Waals surface area contributed by atoms with Crippen LogP contribution in [0.3, 0.4) is 0 Å². The van der Waals surface area contributed by atoms with Crippen LogP contribution in [0.2, 0.25) is 5.02 Å². The minimum absolute atomic E-state index is 0.102. The summed E-state index contributed by atoms with van der Waals surface area (Å²) in [6.07, 6.45) is 3.75. The van der Waals surface area contributed by atoms with Crippen LogP contribution >= 0.6 is 23.4 Å². The van der Waals surface area contributed by atoms with Crippen LogP contribution in [0.4, 0.5) is 5.69 Å². The first kappa shape index (κ1) is 21.1. The molecule has 4 aromatic rings. The number of carboxylic acids is 1. The molecule has 3 heterocycles. The number of thioether (sulfide) groups is 1. The molecule has 1 aliphatic heterocycles. The number of nitrogens with zero attached hydrogens (tertiary/aromatic N) is 2. The van der Waals surface area contributed by atoms with Crippen molar-refractivity contribution in [3.63, 3.8) is 0 Å². The highest BCUT2D eigenvalue weighted by Gasteiger charge is 2.24.